The van der Waals surface area contributed by atoms with Crippen molar-refractivity contribution in [3.63, 3.8) is 0 Å². The van der Waals surface area contributed by atoms with Crippen LogP contribution in [-0.2, 0) is 6.42 Å². The maximum absolute atomic E-state index is 6.06. The van der Waals surface area contributed by atoms with Gasteiger partial charge in [0.2, 0.25) is 0 Å². The van der Waals surface area contributed by atoms with Crippen molar-refractivity contribution < 1.29 is 0 Å². The Labute approximate surface area is 137 Å². The molecule has 1 saturated carbocycles. The number of halogens is 1. The summed E-state index contributed by atoms with van der Waals surface area (Å²) in [5.41, 5.74) is 8.91. The molecule has 21 heavy (non-hydrogen) atoms. The van der Waals surface area contributed by atoms with Gasteiger partial charge in [-0.3, -0.25) is 0 Å². The predicted molar refractivity (Wildman–Crippen MR) is 93.8 cm³/mol. The SMILES string of the molecule is CC(N)Cc1ccc(Br)cc1N1CCC[C@H]2CCCC[C@H]21. The Bertz CT molecular complexity index is 484. The van der Waals surface area contributed by atoms with Gasteiger partial charge < -0.3 is 10.6 Å². The second-order valence-electron chi connectivity index (χ2n) is 6.90. The van der Waals surface area contributed by atoms with E-state index in [0.29, 0.717) is 0 Å². The molecule has 116 valence electrons. The Kier molecular flexibility index (Phi) is 4.90. The molecule has 1 aromatic rings. The summed E-state index contributed by atoms with van der Waals surface area (Å²) in [5, 5.41) is 0. The van der Waals surface area contributed by atoms with Crippen LogP contribution in [0.2, 0.25) is 0 Å². The molecular weight excluding hydrogens is 324 g/mol. The predicted octanol–water partition coefficient (Wildman–Crippen LogP) is 4.50. The zero-order chi connectivity index (χ0) is 14.8. The lowest BCUT2D eigenvalue weighted by atomic mass is 9.78. The van der Waals surface area contributed by atoms with Gasteiger partial charge in [-0.25, -0.2) is 0 Å². The number of piperidine rings is 1. The van der Waals surface area contributed by atoms with Crippen molar-refractivity contribution in [2.45, 2.75) is 64.0 Å². The molecule has 2 aliphatic rings. The van der Waals surface area contributed by atoms with E-state index in [9.17, 15) is 0 Å². The third kappa shape index (κ3) is 3.45. The Hall–Kier alpha value is -0.540. The summed E-state index contributed by atoms with van der Waals surface area (Å²) in [5.74, 6) is 0.912. The van der Waals surface area contributed by atoms with E-state index < -0.39 is 0 Å². The first-order chi connectivity index (χ1) is 10.1. The highest BCUT2D eigenvalue weighted by molar-refractivity contribution is 9.10. The molecule has 1 aromatic carbocycles. The van der Waals surface area contributed by atoms with Gasteiger partial charge in [-0.1, -0.05) is 34.8 Å². The van der Waals surface area contributed by atoms with Crippen molar-refractivity contribution >= 4 is 21.6 Å². The lowest BCUT2D eigenvalue weighted by Crippen LogP contribution is -2.47. The van der Waals surface area contributed by atoms with Crippen LogP contribution >= 0.6 is 15.9 Å². The molecule has 1 saturated heterocycles. The van der Waals surface area contributed by atoms with E-state index in [2.05, 4.69) is 46.0 Å². The molecule has 3 heteroatoms. The second-order valence-corrected chi connectivity index (χ2v) is 7.82. The summed E-state index contributed by atoms with van der Waals surface area (Å²) in [6.45, 7) is 3.31. The molecule has 0 radical (unpaired) electrons. The van der Waals surface area contributed by atoms with Crippen molar-refractivity contribution in [2.75, 3.05) is 11.4 Å². The summed E-state index contributed by atoms with van der Waals surface area (Å²) in [7, 11) is 0. The Morgan fingerprint density at radius 1 is 1.24 bits per heavy atom. The second kappa shape index (κ2) is 6.70. The minimum Gasteiger partial charge on any atom is -0.368 e. The van der Waals surface area contributed by atoms with E-state index in [1.54, 1.807) is 0 Å². The Morgan fingerprint density at radius 3 is 2.81 bits per heavy atom. The van der Waals surface area contributed by atoms with Gasteiger partial charge in [-0.05, 0) is 62.6 Å². The number of benzene rings is 1. The average molecular weight is 351 g/mol. The summed E-state index contributed by atoms with van der Waals surface area (Å²) < 4.78 is 1.18. The zero-order valence-corrected chi connectivity index (χ0v) is 14.6. The van der Waals surface area contributed by atoms with E-state index in [1.807, 2.05) is 0 Å². The van der Waals surface area contributed by atoms with Crippen molar-refractivity contribution in [1.82, 2.24) is 0 Å². The van der Waals surface area contributed by atoms with Crippen molar-refractivity contribution in [1.29, 1.82) is 0 Å². The van der Waals surface area contributed by atoms with Crippen LogP contribution in [0.5, 0.6) is 0 Å². The average Bonchev–Trinajstić information content (AvgIpc) is 2.48. The van der Waals surface area contributed by atoms with E-state index in [0.717, 1.165) is 18.4 Å². The molecule has 3 rings (SSSR count). The molecule has 2 fully saturated rings. The van der Waals surface area contributed by atoms with Gasteiger partial charge in [0.1, 0.15) is 0 Å². The lowest BCUT2D eigenvalue weighted by molar-refractivity contribution is 0.243. The molecular formula is C18H27BrN2. The molecule has 0 aromatic heterocycles. The fourth-order valence-corrected chi connectivity index (χ4v) is 4.60. The number of anilines is 1. The van der Waals surface area contributed by atoms with Crippen LogP contribution in [0.3, 0.4) is 0 Å². The minimum absolute atomic E-state index is 0.219. The van der Waals surface area contributed by atoms with Gasteiger partial charge >= 0.3 is 0 Å². The minimum atomic E-state index is 0.219. The third-order valence-electron chi connectivity index (χ3n) is 5.14. The van der Waals surface area contributed by atoms with Crippen LogP contribution in [-0.4, -0.2) is 18.6 Å². The van der Waals surface area contributed by atoms with Crippen molar-refractivity contribution in [3.8, 4) is 0 Å². The summed E-state index contributed by atoms with van der Waals surface area (Å²) >= 11 is 3.66. The largest absolute Gasteiger partial charge is 0.368 e. The zero-order valence-electron chi connectivity index (χ0n) is 13.0. The quantitative estimate of drug-likeness (QED) is 0.869. The third-order valence-corrected chi connectivity index (χ3v) is 5.64. The maximum atomic E-state index is 6.06. The molecule has 1 heterocycles. The van der Waals surface area contributed by atoms with Gasteiger partial charge in [0, 0.05) is 28.8 Å². The number of nitrogens with two attached hydrogens (primary N) is 1. The van der Waals surface area contributed by atoms with Crippen LogP contribution < -0.4 is 10.6 Å². The number of rotatable bonds is 3. The Balaban J connectivity index is 1.91. The first-order valence-corrected chi connectivity index (χ1v) is 9.25. The van der Waals surface area contributed by atoms with Gasteiger partial charge in [-0.2, -0.15) is 0 Å². The molecule has 2 nitrogen and oxygen atoms in total. The Morgan fingerprint density at radius 2 is 2.00 bits per heavy atom. The molecule has 0 amide bonds. The highest BCUT2D eigenvalue weighted by Crippen LogP contribution is 2.39. The van der Waals surface area contributed by atoms with Gasteiger partial charge in [0.15, 0.2) is 0 Å². The highest BCUT2D eigenvalue weighted by atomic mass is 79.9. The van der Waals surface area contributed by atoms with Crippen LogP contribution in [0.15, 0.2) is 22.7 Å². The molecule has 0 spiro atoms. The van der Waals surface area contributed by atoms with Crippen LogP contribution in [0.4, 0.5) is 5.69 Å². The van der Waals surface area contributed by atoms with Gasteiger partial charge in [0.05, 0.1) is 0 Å². The van der Waals surface area contributed by atoms with Gasteiger partial charge in [-0.15, -0.1) is 0 Å². The first kappa shape index (κ1) is 15.4. The smallest absolute Gasteiger partial charge is 0.0413 e. The standard InChI is InChI=1S/C18H27BrN2/c1-13(20)11-15-8-9-16(19)12-18(15)21-10-4-6-14-5-2-3-7-17(14)21/h8-9,12-14,17H,2-7,10-11,20H2,1H3/t13?,14-,17-/m1/s1. The van der Waals surface area contributed by atoms with E-state index in [-0.39, 0.29) is 6.04 Å². The summed E-state index contributed by atoms with van der Waals surface area (Å²) in [4.78, 5) is 2.70. The number of nitrogens with zero attached hydrogens (tertiary/aromatic N) is 1. The number of hydrogen-bond donors (Lipinski definition) is 1. The van der Waals surface area contributed by atoms with E-state index in [1.165, 1.54) is 60.8 Å². The molecule has 1 unspecified atom stereocenters. The number of fused-ring (bicyclic) bond motifs is 1. The maximum Gasteiger partial charge on any atom is 0.0413 e. The molecule has 1 aliphatic heterocycles. The summed E-state index contributed by atoms with van der Waals surface area (Å²) in [6.07, 6.45) is 9.36. The lowest BCUT2D eigenvalue weighted by Gasteiger charge is -2.46. The van der Waals surface area contributed by atoms with Crippen LogP contribution in [0.25, 0.3) is 0 Å². The van der Waals surface area contributed by atoms with Crippen molar-refractivity contribution in [3.05, 3.63) is 28.2 Å². The highest BCUT2D eigenvalue weighted by Gasteiger charge is 2.34. The van der Waals surface area contributed by atoms with E-state index >= 15 is 0 Å². The molecule has 1 aliphatic carbocycles. The molecule has 0 bridgehead atoms. The topological polar surface area (TPSA) is 29.3 Å². The fraction of sp³-hybridized carbons (Fsp3) is 0.667. The molecule has 2 N–H and O–H groups in total. The summed E-state index contributed by atoms with van der Waals surface area (Å²) in [6, 6.07) is 7.71. The van der Waals surface area contributed by atoms with Crippen LogP contribution in [0.1, 0.15) is 51.0 Å². The van der Waals surface area contributed by atoms with Gasteiger partial charge in [0.25, 0.3) is 0 Å². The molecule has 3 atom stereocenters. The number of hydrogen-bond acceptors (Lipinski definition) is 2. The fourth-order valence-electron chi connectivity index (χ4n) is 4.25. The van der Waals surface area contributed by atoms with Crippen molar-refractivity contribution in [2.24, 2.45) is 11.7 Å². The van der Waals surface area contributed by atoms with E-state index in [4.69, 9.17) is 5.73 Å². The van der Waals surface area contributed by atoms with Crippen LogP contribution in [0, 0.1) is 5.92 Å². The normalized spacial score (nSPS) is 27.3. The monoisotopic (exact) mass is 350 g/mol. The first-order valence-electron chi connectivity index (χ1n) is 8.46.